The van der Waals surface area contributed by atoms with Crippen LogP contribution < -0.4 is 16.0 Å². The van der Waals surface area contributed by atoms with Crippen LogP contribution >= 0.6 is 0 Å². The van der Waals surface area contributed by atoms with Crippen LogP contribution in [-0.4, -0.2) is 34.0 Å². The first kappa shape index (κ1) is 26.6. The summed E-state index contributed by atoms with van der Waals surface area (Å²) in [6.45, 7) is 3.25. The number of benzene rings is 3. The van der Waals surface area contributed by atoms with Crippen molar-refractivity contribution in [2.24, 2.45) is 0 Å². The van der Waals surface area contributed by atoms with Gasteiger partial charge in [0.15, 0.2) is 11.3 Å². The number of carboxylic acids is 1. The molecule has 0 fully saturated rings. The highest BCUT2D eigenvalue weighted by molar-refractivity contribution is 6.14. The van der Waals surface area contributed by atoms with Gasteiger partial charge in [-0.2, -0.15) is 5.26 Å². The smallest absolute Gasteiger partial charge is 0.337 e. The minimum atomic E-state index is -1.32. The van der Waals surface area contributed by atoms with E-state index in [2.05, 4.69) is 21.1 Å². The Balaban J connectivity index is 1.81. The largest absolute Gasteiger partial charge is 0.478 e. The zero-order valence-electron chi connectivity index (χ0n) is 21.0. The molecule has 3 amide bonds. The predicted molar refractivity (Wildman–Crippen MR) is 143 cm³/mol. The number of para-hydroxylation sites is 1. The molecule has 4 N–H and O–H groups in total. The Labute approximate surface area is 222 Å². The number of hydrogen-bond acceptors (Lipinski definition) is 7. The van der Waals surface area contributed by atoms with Crippen molar-refractivity contribution in [3.63, 3.8) is 0 Å². The monoisotopic (exact) mass is 525 g/mol. The van der Waals surface area contributed by atoms with E-state index in [1.165, 1.54) is 19.1 Å². The third-order valence-electron chi connectivity index (χ3n) is 5.73. The Kier molecular flexibility index (Phi) is 7.67. The number of carbonyl (C=O) groups excluding carboxylic acids is 3. The second-order valence-corrected chi connectivity index (χ2v) is 8.58. The maximum absolute atomic E-state index is 13.2. The molecule has 0 saturated heterocycles. The van der Waals surface area contributed by atoms with E-state index in [1.807, 2.05) is 13.0 Å². The molecule has 3 aromatic carbocycles. The number of carboxylic acid groups (broad SMARTS) is 1. The number of aromatic carboxylic acids is 1. The average molecular weight is 526 g/mol. The number of amides is 3. The Bertz CT molecular complexity index is 1670. The first-order valence-corrected chi connectivity index (χ1v) is 11.9. The van der Waals surface area contributed by atoms with Gasteiger partial charge in [-0.3, -0.25) is 14.4 Å². The number of nitriles is 1. The summed E-state index contributed by atoms with van der Waals surface area (Å²) in [5, 5.41) is 30.9. The molecular formula is C28H23N5O6. The lowest BCUT2D eigenvalue weighted by Crippen LogP contribution is -2.16. The zero-order chi connectivity index (χ0) is 28.1. The minimum Gasteiger partial charge on any atom is -0.478 e. The summed E-state index contributed by atoms with van der Waals surface area (Å²) < 4.78 is 5.44. The fourth-order valence-electron chi connectivity index (χ4n) is 4.01. The number of carbonyl (C=O) groups is 4. The van der Waals surface area contributed by atoms with Gasteiger partial charge in [0, 0.05) is 35.8 Å². The Hall–Kier alpha value is -5.50. The first-order chi connectivity index (χ1) is 18.7. The number of nitrogens with one attached hydrogen (secondary N) is 3. The summed E-state index contributed by atoms with van der Waals surface area (Å²) in [5.41, 5.74) is 1.91. The lowest BCUT2D eigenvalue weighted by atomic mass is 9.99. The van der Waals surface area contributed by atoms with Crippen LogP contribution in [0.25, 0.3) is 22.1 Å². The van der Waals surface area contributed by atoms with Gasteiger partial charge in [0.1, 0.15) is 0 Å². The number of fused-ring (bicyclic) bond motifs is 1. The third-order valence-corrected chi connectivity index (χ3v) is 5.73. The molecule has 11 heteroatoms. The van der Waals surface area contributed by atoms with Crippen molar-refractivity contribution < 1.29 is 28.8 Å². The molecule has 0 atom stereocenters. The number of nitrogens with zero attached hydrogens (tertiary/aromatic N) is 2. The van der Waals surface area contributed by atoms with Gasteiger partial charge < -0.3 is 25.6 Å². The summed E-state index contributed by atoms with van der Waals surface area (Å²) >= 11 is 0. The van der Waals surface area contributed by atoms with Gasteiger partial charge in [-0.15, -0.1) is 0 Å². The highest BCUT2D eigenvalue weighted by atomic mass is 16.5. The third kappa shape index (κ3) is 5.75. The first-order valence-electron chi connectivity index (χ1n) is 11.9. The van der Waals surface area contributed by atoms with Gasteiger partial charge in [-0.1, -0.05) is 30.3 Å². The van der Waals surface area contributed by atoms with Crippen LogP contribution in [0.3, 0.4) is 0 Å². The van der Waals surface area contributed by atoms with Crippen molar-refractivity contribution in [1.29, 1.82) is 5.26 Å². The maximum Gasteiger partial charge on any atom is 0.337 e. The van der Waals surface area contributed by atoms with Crippen LogP contribution in [0.5, 0.6) is 0 Å². The standard InChI is InChI=1S/C28H23N5O6/c1-3-6-25(35)31-23-12-20-24(13-18(23)17-7-4-5-8-21(17)30-15(2)34)39-33-26(20)27(36)32-22-10-9-16(14-29)11-19(22)28(37)38/h4-5,7-13H,3,6H2,1-2H3,(H,30,34)(H,31,35)(H,32,36)(H,37,38). The summed E-state index contributed by atoms with van der Waals surface area (Å²) in [6.07, 6.45) is 0.877. The molecule has 0 aliphatic heterocycles. The second-order valence-electron chi connectivity index (χ2n) is 8.58. The van der Waals surface area contributed by atoms with Gasteiger partial charge in [0.05, 0.1) is 28.3 Å². The number of hydrogen-bond donors (Lipinski definition) is 4. The maximum atomic E-state index is 13.2. The number of aromatic nitrogens is 1. The van der Waals surface area contributed by atoms with Crippen molar-refractivity contribution in [3.8, 4) is 17.2 Å². The van der Waals surface area contributed by atoms with Crippen molar-refractivity contribution >= 4 is 51.7 Å². The van der Waals surface area contributed by atoms with E-state index in [0.717, 1.165) is 6.07 Å². The van der Waals surface area contributed by atoms with Crippen molar-refractivity contribution in [2.75, 3.05) is 16.0 Å². The molecular weight excluding hydrogens is 502 g/mol. The average Bonchev–Trinajstić information content (AvgIpc) is 3.31. The molecule has 39 heavy (non-hydrogen) atoms. The molecule has 0 spiro atoms. The molecule has 4 aromatic rings. The van der Waals surface area contributed by atoms with E-state index in [1.54, 1.807) is 36.4 Å². The van der Waals surface area contributed by atoms with Crippen molar-refractivity contribution in [3.05, 3.63) is 71.4 Å². The highest BCUT2D eigenvalue weighted by Crippen LogP contribution is 2.38. The van der Waals surface area contributed by atoms with E-state index in [4.69, 9.17) is 9.78 Å². The van der Waals surface area contributed by atoms with E-state index in [9.17, 15) is 24.3 Å². The molecule has 0 saturated carbocycles. The van der Waals surface area contributed by atoms with E-state index < -0.39 is 11.9 Å². The molecule has 1 heterocycles. The van der Waals surface area contributed by atoms with E-state index in [-0.39, 0.29) is 51.7 Å². The van der Waals surface area contributed by atoms with Crippen LogP contribution in [0.4, 0.5) is 17.1 Å². The predicted octanol–water partition coefficient (Wildman–Crippen LogP) is 5.01. The van der Waals surface area contributed by atoms with E-state index in [0.29, 0.717) is 28.9 Å². The summed E-state index contributed by atoms with van der Waals surface area (Å²) in [7, 11) is 0. The molecule has 0 bridgehead atoms. The second kappa shape index (κ2) is 11.3. The normalized spacial score (nSPS) is 10.5. The molecule has 11 nitrogen and oxygen atoms in total. The summed E-state index contributed by atoms with van der Waals surface area (Å²) in [6, 6.07) is 15.9. The van der Waals surface area contributed by atoms with Crippen molar-refractivity contribution in [2.45, 2.75) is 26.7 Å². The summed E-state index contributed by atoms with van der Waals surface area (Å²) in [5.74, 6) is -2.60. The van der Waals surface area contributed by atoms with Crippen LogP contribution in [0.1, 0.15) is 53.1 Å². The molecule has 0 radical (unpaired) electrons. The molecule has 0 aliphatic carbocycles. The molecule has 0 aliphatic rings. The van der Waals surface area contributed by atoms with Crippen LogP contribution in [0.15, 0.2) is 59.1 Å². The van der Waals surface area contributed by atoms with Gasteiger partial charge in [0.25, 0.3) is 5.91 Å². The number of anilines is 3. The molecule has 4 rings (SSSR count). The van der Waals surface area contributed by atoms with Gasteiger partial charge in [0.2, 0.25) is 11.8 Å². The minimum absolute atomic E-state index is 0.0278. The van der Waals surface area contributed by atoms with Crippen LogP contribution in [-0.2, 0) is 9.59 Å². The SMILES string of the molecule is CCCC(=O)Nc1cc2c(C(=O)Nc3ccc(C#N)cc3C(=O)O)noc2cc1-c1ccccc1NC(C)=O. The number of rotatable bonds is 8. The van der Waals surface area contributed by atoms with Crippen molar-refractivity contribution in [1.82, 2.24) is 5.16 Å². The van der Waals surface area contributed by atoms with Crippen LogP contribution in [0.2, 0.25) is 0 Å². The summed E-state index contributed by atoms with van der Waals surface area (Å²) in [4.78, 5) is 49.2. The Morgan fingerprint density at radius 2 is 1.72 bits per heavy atom. The van der Waals surface area contributed by atoms with Crippen LogP contribution in [0, 0.1) is 11.3 Å². The fraction of sp³-hybridized carbons (Fsp3) is 0.143. The van der Waals surface area contributed by atoms with Gasteiger partial charge in [-0.05, 0) is 42.8 Å². The molecule has 196 valence electrons. The van der Waals surface area contributed by atoms with Gasteiger partial charge in [-0.25, -0.2) is 4.79 Å². The topological polar surface area (TPSA) is 174 Å². The zero-order valence-corrected chi connectivity index (χ0v) is 21.0. The lowest BCUT2D eigenvalue weighted by molar-refractivity contribution is -0.116. The quantitative estimate of drug-likeness (QED) is 0.248. The Morgan fingerprint density at radius 1 is 0.949 bits per heavy atom. The van der Waals surface area contributed by atoms with Gasteiger partial charge >= 0.3 is 5.97 Å². The fourth-order valence-corrected chi connectivity index (χ4v) is 4.01. The Morgan fingerprint density at radius 3 is 2.41 bits per heavy atom. The van der Waals surface area contributed by atoms with E-state index >= 15 is 0 Å². The lowest BCUT2D eigenvalue weighted by Gasteiger charge is -2.15. The molecule has 0 unspecified atom stereocenters. The highest BCUT2D eigenvalue weighted by Gasteiger charge is 2.23. The molecule has 1 aromatic heterocycles.